The lowest BCUT2D eigenvalue weighted by Gasteiger charge is -2.10. The first kappa shape index (κ1) is 22.9. The summed E-state index contributed by atoms with van der Waals surface area (Å²) >= 11 is 3.23. The highest BCUT2D eigenvalue weighted by atomic mass is 32.2. The molecule has 0 spiro atoms. The zero-order valence-corrected chi connectivity index (χ0v) is 21.0. The van der Waals surface area contributed by atoms with Crippen molar-refractivity contribution >= 4 is 50.6 Å². The van der Waals surface area contributed by atoms with Crippen LogP contribution < -0.4 is 10.0 Å². The molecule has 0 atom stereocenters. The number of benzene rings is 1. The molecule has 3 aromatic heterocycles. The first-order chi connectivity index (χ1) is 16.6. The van der Waals surface area contributed by atoms with E-state index >= 15 is 0 Å². The summed E-state index contributed by atoms with van der Waals surface area (Å²) in [5, 5.41) is 9.25. The summed E-state index contributed by atoms with van der Waals surface area (Å²) in [6, 6.07) is 8.10. The number of aldehydes is 1. The maximum absolute atomic E-state index is 10.5. The number of imidazole rings is 1. The summed E-state index contributed by atoms with van der Waals surface area (Å²) in [6.07, 6.45) is 6.35. The minimum absolute atomic E-state index is 0.547. The van der Waals surface area contributed by atoms with Gasteiger partial charge in [-0.3, -0.25) is 9.48 Å². The Balaban J connectivity index is 0.000000159. The largest absolute Gasteiger partial charge is 0.365 e. The molecular formula is C23H28N8OS2. The lowest BCUT2D eigenvalue weighted by Crippen LogP contribution is -2.16. The molecule has 2 aliphatic rings. The first-order valence-electron chi connectivity index (χ1n) is 11.4. The third kappa shape index (κ3) is 5.11. The number of fused-ring (bicyclic) bond motifs is 3. The van der Waals surface area contributed by atoms with Crippen molar-refractivity contribution < 1.29 is 4.79 Å². The number of aromatic nitrogens is 5. The van der Waals surface area contributed by atoms with Crippen molar-refractivity contribution in [1.82, 2.24) is 29.2 Å². The highest BCUT2D eigenvalue weighted by Crippen LogP contribution is 2.30. The molecule has 4 aromatic rings. The summed E-state index contributed by atoms with van der Waals surface area (Å²) < 4.78 is 8.73. The third-order valence-electron chi connectivity index (χ3n) is 5.86. The summed E-state index contributed by atoms with van der Waals surface area (Å²) in [5.74, 6) is 1.20. The van der Waals surface area contributed by atoms with Crippen LogP contribution in [0.5, 0.6) is 0 Å². The molecular weight excluding hydrogens is 468 g/mol. The Morgan fingerprint density at radius 1 is 1.15 bits per heavy atom. The quantitative estimate of drug-likeness (QED) is 0.315. The summed E-state index contributed by atoms with van der Waals surface area (Å²) in [7, 11) is 3.98. The Labute approximate surface area is 206 Å². The van der Waals surface area contributed by atoms with E-state index in [0.717, 1.165) is 72.4 Å². The molecule has 1 aromatic carbocycles. The smallest absolute Gasteiger partial charge is 0.183 e. The molecule has 0 aliphatic carbocycles. The fraction of sp³-hybridized carbons (Fsp3) is 0.391. The van der Waals surface area contributed by atoms with Gasteiger partial charge in [-0.15, -0.1) is 0 Å². The van der Waals surface area contributed by atoms with Gasteiger partial charge in [0, 0.05) is 63.5 Å². The maximum atomic E-state index is 10.5. The molecule has 0 bridgehead atoms. The second-order valence-corrected chi connectivity index (χ2v) is 10.3. The Bertz CT molecular complexity index is 1270. The number of nitrogens with one attached hydrogen (secondary N) is 2. The normalized spacial score (nSPS) is 15.2. The Kier molecular flexibility index (Phi) is 6.84. The molecule has 11 heteroatoms. The second kappa shape index (κ2) is 10.2. The van der Waals surface area contributed by atoms with Gasteiger partial charge in [-0.2, -0.15) is 5.10 Å². The van der Waals surface area contributed by atoms with Crippen molar-refractivity contribution in [2.24, 2.45) is 0 Å². The van der Waals surface area contributed by atoms with E-state index in [2.05, 4.69) is 59.9 Å². The lowest BCUT2D eigenvalue weighted by atomic mass is 10.3. The van der Waals surface area contributed by atoms with Gasteiger partial charge in [-0.1, -0.05) is 11.3 Å². The van der Waals surface area contributed by atoms with Gasteiger partial charge in [0.1, 0.15) is 16.5 Å². The van der Waals surface area contributed by atoms with Crippen LogP contribution in [0.15, 0.2) is 35.5 Å². The van der Waals surface area contributed by atoms with Crippen LogP contribution in [-0.4, -0.2) is 56.1 Å². The minimum Gasteiger partial charge on any atom is -0.365 e. The van der Waals surface area contributed by atoms with Crippen molar-refractivity contribution in [2.75, 3.05) is 30.7 Å². The topological polar surface area (TPSA) is 92.9 Å². The number of carbonyl (C=O) groups excluding carboxylic acids is 1. The zero-order valence-electron chi connectivity index (χ0n) is 19.3. The van der Waals surface area contributed by atoms with Gasteiger partial charge < -0.3 is 19.5 Å². The van der Waals surface area contributed by atoms with Crippen molar-refractivity contribution in [3.8, 4) is 0 Å². The van der Waals surface area contributed by atoms with E-state index in [1.807, 2.05) is 23.9 Å². The number of anilines is 2. The zero-order chi connectivity index (χ0) is 23.5. The average Bonchev–Trinajstić information content (AvgIpc) is 3.59. The molecule has 5 heterocycles. The van der Waals surface area contributed by atoms with Crippen molar-refractivity contribution in [3.05, 3.63) is 47.7 Å². The number of carbonyl (C=O) groups is 1. The van der Waals surface area contributed by atoms with Crippen LogP contribution in [0.4, 0.5) is 10.8 Å². The highest BCUT2D eigenvalue weighted by molar-refractivity contribution is 8.00. The molecule has 2 N–H and O–H groups in total. The maximum Gasteiger partial charge on any atom is 0.183 e. The predicted molar refractivity (Wildman–Crippen MR) is 138 cm³/mol. The number of nitrogens with zero attached hydrogens (tertiary/aromatic N) is 6. The van der Waals surface area contributed by atoms with Gasteiger partial charge in [0.2, 0.25) is 0 Å². The molecule has 0 saturated heterocycles. The molecule has 0 fully saturated rings. The van der Waals surface area contributed by atoms with E-state index in [4.69, 9.17) is 0 Å². The number of aryl methyl sites for hydroxylation is 3. The van der Waals surface area contributed by atoms with Crippen LogP contribution in [0, 0.1) is 0 Å². The van der Waals surface area contributed by atoms with Crippen molar-refractivity contribution in [3.63, 3.8) is 0 Å². The van der Waals surface area contributed by atoms with Gasteiger partial charge in [-0.05, 0) is 44.2 Å². The molecule has 6 rings (SSSR count). The summed E-state index contributed by atoms with van der Waals surface area (Å²) in [5.41, 5.74) is 3.79. The van der Waals surface area contributed by atoms with Crippen LogP contribution in [0.2, 0.25) is 0 Å². The lowest BCUT2D eigenvalue weighted by molar-refractivity contribution is 0.111. The number of hydrogen-bond donors (Lipinski definition) is 2. The van der Waals surface area contributed by atoms with Gasteiger partial charge in [0.25, 0.3) is 0 Å². The van der Waals surface area contributed by atoms with Gasteiger partial charge in [0.05, 0.1) is 15.9 Å². The molecule has 0 radical (unpaired) electrons. The molecule has 0 saturated carbocycles. The number of rotatable bonds is 5. The minimum atomic E-state index is 0.547. The van der Waals surface area contributed by atoms with E-state index in [1.165, 1.54) is 16.9 Å². The Morgan fingerprint density at radius 3 is 2.88 bits per heavy atom. The Hall–Kier alpha value is -2.89. The van der Waals surface area contributed by atoms with Gasteiger partial charge in [-0.25, -0.2) is 9.97 Å². The van der Waals surface area contributed by atoms with Gasteiger partial charge >= 0.3 is 0 Å². The van der Waals surface area contributed by atoms with Crippen LogP contribution in [-0.2, 0) is 26.1 Å². The van der Waals surface area contributed by atoms with Crippen LogP contribution in [0.1, 0.15) is 34.8 Å². The first-order valence-corrected chi connectivity index (χ1v) is 13.0. The third-order valence-corrected chi connectivity index (χ3v) is 7.64. The highest BCUT2D eigenvalue weighted by Gasteiger charge is 2.14. The molecule has 2 aliphatic heterocycles. The molecule has 34 heavy (non-hydrogen) atoms. The van der Waals surface area contributed by atoms with E-state index < -0.39 is 0 Å². The second-order valence-electron chi connectivity index (χ2n) is 8.44. The average molecular weight is 497 g/mol. The molecule has 9 nitrogen and oxygen atoms in total. The van der Waals surface area contributed by atoms with Crippen LogP contribution >= 0.6 is 23.3 Å². The van der Waals surface area contributed by atoms with E-state index in [1.54, 1.807) is 23.3 Å². The van der Waals surface area contributed by atoms with E-state index in [9.17, 15) is 4.79 Å². The number of hydrogen-bond acceptors (Lipinski definition) is 9. The van der Waals surface area contributed by atoms with Gasteiger partial charge in [0.15, 0.2) is 11.4 Å². The van der Waals surface area contributed by atoms with E-state index in [0.29, 0.717) is 5.69 Å². The fourth-order valence-electron chi connectivity index (χ4n) is 4.19. The van der Waals surface area contributed by atoms with Crippen LogP contribution in [0.3, 0.4) is 0 Å². The molecule has 178 valence electrons. The van der Waals surface area contributed by atoms with E-state index in [-0.39, 0.29) is 0 Å². The van der Waals surface area contributed by atoms with Crippen LogP contribution in [0.25, 0.3) is 10.2 Å². The predicted octanol–water partition coefficient (Wildman–Crippen LogP) is 4.13. The number of thiazole rings is 1. The summed E-state index contributed by atoms with van der Waals surface area (Å²) in [6.45, 7) is 4.01. The Morgan fingerprint density at radius 2 is 2.06 bits per heavy atom. The van der Waals surface area contributed by atoms with Crippen molar-refractivity contribution in [2.45, 2.75) is 43.9 Å². The van der Waals surface area contributed by atoms with Crippen molar-refractivity contribution in [1.29, 1.82) is 0 Å². The standard InChI is InChI=1S/C14H15N5S2.C9H13N3O/c1-15-14-16-10-5-4-9(7-11(10)20-14)18-21-13-8-19-6-2-3-12(19)17-13;1-11-3-2-4-12-9(6-11)5-8(7-13)10-12/h4-5,7-8,18H,2-3,6H2,1H3,(H,15,16);5,7H,2-4,6H2,1H3. The molecule has 0 unspecified atom stereocenters. The molecule has 0 amide bonds. The SMILES string of the molecule is CN1CCCn2nc(C=O)cc2C1.CNc1nc2ccc(NSc3cn4c(n3)CCC4)cc2s1. The fourth-order valence-corrected chi connectivity index (χ4v) is 5.73. The summed E-state index contributed by atoms with van der Waals surface area (Å²) in [4.78, 5) is 21.9. The monoisotopic (exact) mass is 496 g/mol.